The van der Waals surface area contributed by atoms with E-state index in [0.717, 1.165) is 29.1 Å². The van der Waals surface area contributed by atoms with Crippen molar-refractivity contribution >= 4 is 17.5 Å². The molecule has 154 valence electrons. The lowest BCUT2D eigenvalue weighted by Gasteiger charge is -2.41. The van der Waals surface area contributed by atoms with Crippen molar-refractivity contribution < 1.29 is 14.3 Å². The molecule has 0 bridgehead atoms. The molecule has 1 N–H and O–H groups in total. The number of benzene rings is 2. The standard InChI is InChI=1S/C23H29N3O3/c1-16-8-9-19(12-17(16)2)23(28)24-14-22(27)25-10-11-26(18(3)15-25)20-6-5-7-21(13-20)29-4/h5-9,12-13,18H,10-11,14-15H2,1-4H3,(H,24,28). The number of hydrogen-bond donors (Lipinski definition) is 1. The van der Waals surface area contributed by atoms with E-state index >= 15 is 0 Å². The van der Waals surface area contributed by atoms with E-state index in [4.69, 9.17) is 4.74 Å². The predicted molar refractivity (Wildman–Crippen MR) is 115 cm³/mol. The van der Waals surface area contributed by atoms with E-state index in [1.807, 2.05) is 49.1 Å². The van der Waals surface area contributed by atoms with E-state index in [1.165, 1.54) is 0 Å². The van der Waals surface area contributed by atoms with Crippen molar-refractivity contribution in [2.75, 3.05) is 38.2 Å². The van der Waals surface area contributed by atoms with Gasteiger partial charge in [0.25, 0.3) is 5.91 Å². The number of hydrogen-bond acceptors (Lipinski definition) is 4. The van der Waals surface area contributed by atoms with Gasteiger partial charge in [-0.3, -0.25) is 9.59 Å². The van der Waals surface area contributed by atoms with Gasteiger partial charge in [0.15, 0.2) is 0 Å². The first-order valence-electron chi connectivity index (χ1n) is 9.93. The molecule has 0 saturated carbocycles. The van der Waals surface area contributed by atoms with Gasteiger partial charge in [0.05, 0.1) is 13.7 Å². The lowest BCUT2D eigenvalue weighted by molar-refractivity contribution is -0.130. The number of carbonyl (C=O) groups is 2. The molecular formula is C23H29N3O3. The number of ether oxygens (including phenoxy) is 1. The van der Waals surface area contributed by atoms with Crippen molar-refractivity contribution in [3.63, 3.8) is 0 Å². The van der Waals surface area contributed by atoms with E-state index < -0.39 is 0 Å². The topological polar surface area (TPSA) is 61.9 Å². The Morgan fingerprint density at radius 3 is 2.59 bits per heavy atom. The molecule has 6 heteroatoms. The Kier molecular flexibility index (Phi) is 6.42. The maximum atomic E-state index is 12.6. The van der Waals surface area contributed by atoms with E-state index in [2.05, 4.69) is 23.2 Å². The molecule has 2 aromatic carbocycles. The first-order chi connectivity index (χ1) is 13.9. The van der Waals surface area contributed by atoms with Gasteiger partial charge < -0.3 is 19.9 Å². The summed E-state index contributed by atoms with van der Waals surface area (Å²) in [7, 11) is 1.66. The zero-order chi connectivity index (χ0) is 21.0. The van der Waals surface area contributed by atoms with Crippen LogP contribution in [0.25, 0.3) is 0 Å². The summed E-state index contributed by atoms with van der Waals surface area (Å²) in [5.41, 5.74) is 3.87. The number of piperazine rings is 1. The zero-order valence-corrected chi connectivity index (χ0v) is 17.6. The van der Waals surface area contributed by atoms with Crippen LogP contribution in [0.5, 0.6) is 5.75 Å². The maximum Gasteiger partial charge on any atom is 0.251 e. The Labute approximate surface area is 172 Å². The minimum absolute atomic E-state index is 0.0115. The lowest BCUT2D eigenvalue weighted by Crippen LogP contribution is -2.55. The third kappa shape index (κ3) is 4.88. The highest BCUT2D eigenvalue weighted by Crippen LogP contribution is 2.24. The number of amides is 2. The fraction of sp³-hybridized carbons (Fsp3) is 0.391. The Morgan fingerprint density at radius 1 is 1.10 bits per heavy atom. The fourth-order valence-electron chi connectivity index (χ4n) is 3.61. The molecule has 1 heterocycles. The van der Waals surface area contributed by atoms with Crippen molar-refractivity contribution in [1.29, 1.82) is 0 Å². The molecule has 0 aliphatic carbocycles. The number of nitrogens with one attached hydrogen (secondary N) is 1. The smallest absolute Gasteiger partial charge is 0.251 e. The van der Waals surface area contributed by atoms with Crippen LogP contribution in [0.15, 0.2) is 42.5 Å². The number of nitrogens with zero attached hydrogens (tertiary/aromatic N) is 2. The molecule has 1 unspecified atom stereocenters. The van der Waals surface area contributed by atoms with Crippen LogP contribution < -0.4 is 15.0 Å². The molecule has 1 atom stereocenters. The molecule has 3 rings (SSSR count). The Bertz CT molecular complexity index is 897. The monoisotopic (exact) mass is 395 g/mol. The van der Waals surface area contributed by atoms with Gasteiger partial charge in [0, 0.05) is 43.0 Å². The van der Waals surface area contributed by atoms with Crippen LogP contribution in [0, 0.1) is 13.8 Å². The molecule has 1 aliphatic heterocycles. The number of carbonyl (C=O) groups excluding carboxylic acids is 2. The summed E-state index contributed by atoms with van der Waals surface area (Å²) in [6.45, 7) is 8.08. The van der Waals surface area contributed by atoms with Crippen molar-refractivity contribution in [3.8, 4) is 5.75 Å². The zero-order valence-electron chi connectivity index (χ0n) is 17.6. The molecule has 1 aliphatic rings. The van der Waals surface area contributed by atoms with Gasteiger partial charge in [0.2, 0.25) is 5.91 Å². The largest absolute Gasteiger partial charge is 0.497 e. The van der Waals surface area contributed by atoms with Crippen LogP contribution in [0.1, 0.15) is 28.4 Å². The number of methoxy groups -OCH3 is 1. The summed E-state index contributed by atoms with van der Waals surface area (Å²) in [5, 5.41) is 2.76. The molecule has 1 saturated heterocycles. The van der Waals surface area contributed by atoms with Crippen LogP contribution in [-0.4, -0.2) is 56.0 Å². The number of anilines is 1. The van der Waals surface area contributed by atoms with Gasteiger partial charge >= 0.3 is 0 Å². The molecular weight excluding hydrogens is 366 g/mol. The second kappa shape index (κ2) is 8.99. The van der Waals surface area contributed by atoms with Gasteiger partial charge in [-0.25, -0.2) is 0 Å². The van der Waals surface area contributed by atoms with E-state index in [9.17, 15) is 9.59 Å². The highest BCUT2D eigenvalue weighted by atomic mass is 16.5. The average molecular weight is 396 g/mol. The minimum atomic E-state index is -0.218. The second-order valence-electron chi connectivity index (χ2n) is 7.57. The second-order valence-corrected chi connectivity index (χ2v) is 7.57. The molecule has 0 spiro atoms. The van der Waals surface area contributed by atoms with Gasteiger partial charge in [-0.1, -0.05) is 12.1 Å². The third-order valence-corrected chi connectivity index (χ3v) is 5.53. The SMILES string of the molecule is COc1cccc(N2CCN(C(=O)CNC(=O)c3ccc(C)c(C)c3)CC2C)c1. The molecule has 6 nitrogen and oxygen atoms in total. The summed E-state index contributed by atoms with van der Waals surface area (Å²) in [6.07, 6.45) is 0. The van der Waals surface area contributed by atoms with Gasteiger partial charge in [-0.05, 0) is 56.2 Å². The molecule has 0 aromatic heterocycles. The Balaban J connectivity index is 1.54. The maximum absolute atomic E-state index is 12.6. The molecule has 0 radical (unpaired) electrons. The van der Waals surface area contributed by atoms with Gasteiger partial charge in [-0.2, -0.15) is 0 Å². The lowest BCUT2D eigenvalue weighted by atomic mass is 10.1. The van der Waals surface area contributed by atoms with Gasteiger partial charge in [0.1, 0.15) is 5.75 Å². The van der Waals surface area contributed by atoms with Crippen LogP contribution in [0.3, 0.4) is 0 Å². The van der Waals surface area contributed by atoms with Crippen molar-refractivity contribution in [2.45, 2.75) is 26.8 Å². The summed E-state index contributed by atoms with van der Waals surface area (Å²) < 4.78 is 5.31. The Morgan fingerprint density at radius 2 is 1.90 bits per heavy atom. The van der Waals surface area contributed by atoms with Crippen LogP contribution in [0.2, 0.25) is 0 Å². The quantitative estimate of drug-likeness (QED) is 0.846. The van der Waals surface area contributed by atoms with Crippen LogP contribution in [-0.2, 0) is 4.79 Å². The average Bonchev–Trinajstić information content (AvgIpc) is 2.73. The van der Waals surface area contributed by atoms with E-state index in [1.54, 1.807) is 13.2 Å². The summed E-state index contributed by atoms with van der Waals surface area (Å²) in [4.78, 5) is 29.1. The number of rotatable bonds is 5. The van der Waals surface area contributed by atoms with Crippen LogP contribution >= 0.6 is 0 Å². The molecule has 1 fully saturated rings. The summed E-state index contributed by atoms with van der Waals surface area (Å²) in [6, 6.07) is 13.7. The van der Waals surface area contributed by atoms with Gasteiger partial charge in [-0.15, -0.1) is 0 Å². The minimum Gasteiger partial charge on any atom is -0.497 e. The normalized spacial score (nSPS) is 16.5. The fourth-order valence-corrected chi connectivity index (χ4v) is 3.61. The van der Waals surface area contributed by atoms with Crippen molar-refractivity contribution in [3.05, 3.63) is 59.2 Å². The molecule has 29 heavy (non-hydrogen) atoms. The first-order valence-corrected chi connectivity index (χ1v) is 9.93. The first kappa shape index (κ1) is 20.7. The van der Waals surface area contributed by atoms with E-state index in [-0.39, 0.29) is 24.4 Å². The summed E-state index contributed by atoms with van der Waals surface area (Å²) >= 11 is 0. The van der Waals surface area contributed by atoms with Crippen molar-refractivity contribution in [2.24, 2.45) is 0 Å². The Hall–Kier alpha value is -3.02. The van der Waals surface area contributed by atoms with E-state index in [0.29, 0.717) is 18.7 Å². The third-order valence-electron chi connectivity index (χ3n) is 5.53. The highest BCUT2D eigenvalue weighted by molar-refractivity contribution is 5.96. The van der Waals surface area contributed by atoms with Crippen molar-refractivity contribution in [1.82, 2.24) is 10.2 Å². The van der Waals surface area contributed by atoms with Crippen LogP contribution in [0.4, 0.5) is 5.69 Å². The molecule has 2 amide bonds. The highest BCUT2D eigenvalue weighted by Gasteiger charge is 2.27. The molecule has 2 aromatic rings. The summed E-state index contributed by atoms with van der Waals surface area (Å²) in [5.74, 6) is 0.547. The number of aryl methyl sites for hydroxylation is 2. The predicted octanol–water partition coefficient (Wildman–Crippen LogP) is 2.78.